The highest BCUT2D eigenvalue weighted by atomic mass is 32.2. The zero-order chi connectivity index (χ0) is 24.6. The lowest BCUT2D eigenvalue weighted by Crippen LogP contribution is -2.48. The predicted octanol–water partition coefficient (Wildman–Crippen LogP) is 4.42. The molecule has 1 saturated carbocycles. The monoisotopic (exact) mass is 482 g/mol. The molecule has 0 aromatic carbocycles. The van der Waals surface area contributed by atoms with Crippen molar-refractivity contribution >= 4 is 30.0 Å². The van der Waals surface area contributed by atoms with Gasteiger partial charge in [0.05, 0.1) is 0 Å². The molecule has 0 radical (unpaired) electrons. The Morgan fingerprint density at radius 3 is 2.45 bits per heavy atom. The van der Waals surface area contributed by atoms with Crippen LogP contribution >= 0.6 is 11.8 Å². The molecule has 2 amide bonds. The summed E-state index contributed by atoms with van der Waals surface area (Å²) in [5, 5.41) is 8.19. The summed E-state index contributed by atoms with van der Waals surface area (Å²) >= 11 is 1.27. The van der Waals surface area contributed by atoms with Crippen molar-refractivity contribution in [2.24, 2.45) is 5.92 Å². The van der Waals surface area contributed by atoms with Gasteiger partial charge in [0, 0.05) is 25.4 Å². The fourth-order valence-electron chi connectivity index (χ4n) is 3.82. The highest BCUT2D eigenvalue weighted by molar-refractivity contribution is 7.99. The van der Waals surface area contributed by atoms with Gasteiger partial charge in [0.2, 0.25) is 12.2 Å². The SMILES string of the molecule is CC(C)C[C@@H](C(=O)c1nnc(SCCN(C)C(=O)OC(C)(C)C)o1)N(C=O)C1CCCCC1. The molecule has 0 unspecified atom stereocenters. The number of nitrogens with zero attached hydrogens (tertiary/aromatic N) is 4. The van der Waals surface area contributed by atoms with Crippen LogP contribution < -0.4 is 0 Å². The number of hydrogen-bond acceptors (Lipinski definition) is 8. The van der Waals surface area contributed by atoms with Crippen molar-refractivity contribution in [2.45, 2.75) is 96.1 Å². The second-order valence-corrected chi connectivity index (χ2v) is 11.0. The zero-order valence-electron chi connectivity index (χ0n) is 20.7. The minimum atomic E-state index is -0.609. The number of thioether (sulfide) groups is 1. The number of amides is 2. The Bertz CT molecular complexity index is 786. The number of aromatic nitrogens is 2. The molecular weight excluding hydrogens is 444 g/mol. The van der Waals surface area contributed by atoms with Crippen LogP contribution in [0, 0.1) is 5.92 Å². The summed E-state index contributed by atoms with van der Waals surface area (Å²) < 4.78 is 11.0. The number of carbonyl (C=O) groups excluding carboxylic acids is 3. The summed E-state index contributed by atoms with van der Waals surface area (Å²) in [6.07, 6.45) is 6.07. The van der Waals surface area contributed by atoms with E-state index in [-0.39, 0.29) is 28.9 Å². The Kier molecular flexibility index (Phi) is 10.2. The van der Waals surface area contributed by atoms with Crippen LogP contribution in [0.5, 0.6) is 0 Å². The Morgan fingerprint density at radius 1 is 1.21 bits per heavy atom. The summed E-state index contributed by atoms with van der Waals surface area (Å²) in [6, 6.07) is -0.536. The first-order valence-corrected chi connectivity index (χ1v) is 12.7. The van der Waals surface area contributed by atoms with E-state index in [1.54, 1.807) is 11.9 Å². The Hall–Kier alpha value is -2.10. The van der Waals surface area contributed by atoms with Crippen LogP contribution in [0.25, 0.3) is 0 Å². The van der Waals surface area contributed by atoms with Gasteiger partial charge in [-0.3, -0.25) is 9.59 Å². The number of ether oxygens (including phenoxy) is 1. The molecule has 1 aromatic rings. The van der Waals surface area contributed by atoms with E-state index in [9.17, 15) is 14.4 Å². The van der Waals surface area contributed by atoms with Crippen molar-refractivity contribution in [1.82, 2.24) is 20.0 Å². The van der Waals surface area contributed by atoms with Crippen LogP contribution in [-0.2, 0) is 9.53 Å². The lowest BCUT2D eigenvalue weighted by molar-refractivity contribution is -0.122. The first-order valence-electron chi connectivity index (χ1n) is 11.7. The van der Waals surface area contributed by atoms with Crippen LogP contribution in [0.2, 0.25) is 0 Å². The Balaban J connectivity index is 1.99. The van der Waals surface area contributed by atoms with Crippen LogP contribution in [0.3, 0.4) is 0 Å². The zero-order valence-corrected chi connectivity index (χ0v) is 21.5. The molecule has 1 atom stereocenters. The summed E-state index contributed by atoms with van der Waals surface area (Å²) in [7, 11) is 1.66. The number of carbonyl (C=O) groups is 3. The van der Waals surface area contributed by atoms with E-state index in [2.05, 4.69) is 10.2 Å². The summed E-state index contributed by atoms with van der Waals surface area (Å²) in [5.41, 5.74) is -0.556. The molecule has 0 N–H and O–H groups in total. The third-order valence-electron chi connectivity index (χ3n) is 5.45. The van der Waals surface area contributed by atoms with Gasteiger partial charge in [-0.05, 0) is 46.0 Å². The molecule has 0 aliphatic heterocycles. The average molecular weight is 483 g/mol. The lowest BCUT2D eigenvalue weighted by atomic mass is 9.91. The number of hydrogen-bond donors (Lipinski definition) is 0. The van der Waals surface area contributed by atoms with Crippen LogP contribution in [-0.4, -0.2) is 75.3 Å². The van der Waals surface area contributed by atoms with Crippen LogP contribution in [0.1, 0.15) is 83.8 Å². The molecule has 186 valence electrons. The minimum absolute atomic E-state index is 0.0732. The number of ketones is 1. The second-order valence-electron chi connectivity index (χ2n) is 9.98. The molecule has 10 heteroatoms. The topological polar surface area (TPSA) is 106 Å². The highest BCUT2D eigenvalue weighted by Gasteiger charge is 2.35. The van der Waals surface area contributed by atoms with Crippen molar-refractivity contribution in [2.75, 3.05) is 19.3 Å². The molecule has 1 aromatic heterocycles. The van der Waals surface area contributed by atoms with Gasteiger partial charge in [0.15, 0.2) is 0 Å². The van der Waals surface area contributed by atoms with E-state index in [4.69, 9.17) is 9.15 Å². The van der Waals surface area contributed by atoms with E-state index in [1.165, 1.54) is 23.1 Å². The fraction of sp³-hybridized carbons (Fsp3) is 0.783. The lowest BCUT2D eigenvalue weighted by Gasteiger charge is -2.36. The Labute approximate surface area is 201 Å². The fourth-order valence-corrected chi connectivity index (χ4v) is 4.59. The summed E-state index contributed by atoms with van der Waals surface area (Å²) in [5.74, 6) is 0.340. The molecule has 33 heavy (non-hydrogen) atoms. The second kappa shape index (κ2) is 12.4. The van der Waals surface area contributed by atoms with Gasteiger partial charge in [0.25, 0.3) is 11.1 Å². The first-order chi connectivity index (χ1) is 15.5. The third-order valence-corrected chi connectivity index (χ3v) is 6.25. The molecule has 0 saturated heterocycles. The normalized spacial score (nSPS) is 15.8. The van der Waals surface area contributed by atoms with Crippen LogP contribution in [0.4, 0.5) is 4.79 Å². The van der Waals surface area contributed by atoms with Gasteiger partial charge in [-0.25, -0.2) is 4.79 Å². The average Bonchev–Trinajstić information content (AvgIpc) is 3.21. The number of Topliss-reactive ketones (excluding diaryl/α,β-unsaturated/α-hetero) is 1. The summed E-state index contributed by atoms with van der Waals surface area (Å²) in [4.78, 5) is 40.4. The van der Waals surface area contributed by atoms with Gasteiger partial charge in [0.1, 0.15) is 11.6 Å². The van der Waals surface area contributed by atoms with E-state index in [1.807, 2.05) is 34.6 Å². The predicted molar refractivity (Wildman–Crippen MR) is 126 cm³/mol. The van der Waals surface area contributed by atoms with Gasteiger partial charge < -0.3 is 19.0 Å². The van der Waals surface area contributed by atoms with Crippen molar-refractivity contribution in [3.05, 3.63) is 5.89 Å². The van der Waals surface area contributed by atoms with E-state index < -0.39 is 17.7 Å². The third kappa shape index (κ3) is 8.64. The summed E-state index contributed by atoms with van der Waals surface area (Å²) in [6.45, 7) is 9.92. The first kappa shape index (κ1) is 27.1. The Morgan fingerprint density at radius 2 is 1.88 bits per heavy atom. The number of rotatable bonds is 11. The van der Waals surface area contributed by atoms with Gasteiger partial charge >= 0.3 is 6.09 Å². The molecule has 1 fully saturated rings. The van der Waals surface area contributed by atoms with Crippen molar-refractivity contribution in [3.8, 4) is 0 Å². The quantitative estimate of drug-likeness (QED) is 0.259. The maximum Gasteiger partial charge on any atom is 0.410 e. The molecule has 0 bridgehead atoms. The minimum Gasteiger partial charge on any atom is -0.444 e. The largest absolute Gasteiger partial charge is 0.444 e. The maximum absolute atomic E-state index is 13.3. The maximum atomic E-state index is 13.3. The van der Waals surface area contributed by atoms with Crippen molar-refractivity contribution in [1.29, 1.82) is 0 Å². The van der Waals surface area contributed by atoms with Crippen LogP contribution in [0.15, 0.2) is 9.64 Å². The molecule has 0 spiro atoms. The smallest absolute Gasteiger partial charge is 0.410 e. The molecule has 1 aliphatic rings. The molecular formula is C23H38N4O5S. The molecule has 1 heterocycles. The van der Waals surface area contributed by atoms with Gasteiger partial charge in [-0.15, -0.1) is 10.2 Å². The van der Waals surface area contributed by atoms with Gasteiger partial charge in [-0.2, -0.15) is 0 Å². The van der Waals surface area contributed by atoms with Crippen molar-refractivity contribution in [3.63, 3.8) is 0 Å². The molecule has 1 aliphatic carbocycles. The van der Waals surface area contributed by atoms with Crippen molar-refractivity contribution < 1.29 is 23.5 Å². The molecule has 9 nitrogen and oxygen atoms in total. The molecule has 2 rings (SSSR count). The van der Waals surface area contributed by atoms with Gasteiger partial charge in [-0.1, -0.05) is 44.9 Å². The van der Waals surface area contributed by atoms with E-state index in [0.29, 0.717) is 18.7 Å². The highest BCUT2D eigenvalue weighted by Crippen LogP contribution is 2.27. The van der Waals surface area contributed by atoms with E-state index in [0.717, 1.165) is 32.1 Å². The standard InChI is InChI=1S/C23H38N4O5S/c1-16(2)14-18(27(15-28)17-10-8-7-9-11-17)19(29)20-24-25-21(31-20)33-13-12-26(6)22(30)32-23(3,4)5/h15-18H,7-14H2,1-6H3/t18-/m0/s1. The van der Waals surface area contributed by atoms with E-state index >= 15 is 0 Å².